The van der Waals surface area contributed by atoms with E-state index in [0.29, 0.717) is 6.54 Å². The smallest absolute Gasteiger partial charge is 0.374 e. The molecule has 2 amide bonds. The summed E-state index contributed by atoms with van der Waals surface area (Å²) in [5.74, 6) is -0.361. The second-order valence-corrected chi connectivity index (χ2v) is 3.90. The predicted molar refractivity (Wildman–Crippen MR) is 58.3 cm³/mol. The zero-order chi connectivity index (χ0) is 12.3. The van der Waals surface area contributed by atoms with Crippen LogP contribution in [0.5, 0.6) is 0 Å². The van der Waals surface area contributed by atoms with E-state index >= 15 is 0 Å². The van der Waals surface area contributed by atoms with E-state index < -0.39 is 12.0 Å². The van der Waals surface area contributed by atoms with Gasteiger partial charge in [0.05, 0.1) is 12.3 Å². The van der Waals surface area contributed by atoms with Crippen molar-refractivity contribution in [3.8, 4) is 0 Å². The van der Waals surface area contributed by atoms with E-state index in [1.54, 1.807) is 6.07 Å². The van der Waals surface area contributed by atoms with Gasteiger partial charge >= 0.3 is 12.0 Å². The molecule has 6 heteroatoms. The van der Waals surface area contributed by atoms with Gasteiger partial charge in [-0.2, -0.15) is 0 Å². The van der Waals surface area contributed by atoms with E-state index in [9.17, 15) is 9.59 Å². The van der Waals surface area contributed by atoms with E-state index in [1.165, 1.54) is 17.2 Å². The molecule has 1 unspecified atom stereocenters. The van der Waals surface area contributed by atoms with E-state index in [4.69, 9.17) is 14.9 Å². The van der Waals surface area contributed by atoms with Crippen LogP contribution in [-0.2, 0) is 4.74 Å². The normalized spacial score (nSPS) is 19.3. The third-order valence-electron chi connectivity index (χ3n) is 2.79. The maximum Gasteiger partial charge on any atom is 0.374 e. The Balaban J connectivity index is 1.86. The molecule has 92 valence electrons. The predicted octanol–water partition coefficient (Wildman–Crippen LogP) is 0.979. The van der Waals surface area contributed by atoms with Crippen LogP contribution in [0, 0.1) is 0 Å². The Hall–Kier alpha value is -1.98. The van der Waals surface area contributed by atoms with Crippen molar-refractivity contribution in [3.05, 3.63) is 24.2 Å². The minimum Gasteiger partial charge on any atom is -0.458 e. The summed E-state index contributed by atoms with van der Waals surface area (Å²) in [5.41, 5.74) is 5.22. The number of likely N-dealkylation sites (tertiary alicyclic amines) is 1. The zero-order valence-electron chi connectivity index (χ0n) is 9.30. The number of nitrogens with zero attached hydrogens (tertiary/aromatic N) is 1. The average Bonchev–Trinajstić information content (AvgIpc) is 2.96. The molecule has 6 nitrogen and oxygen atoms in total. The SMILES string of the molecule is NC(=O)N1CCCC1COC(=O)c1ccco1. The number of urea groups is 1. The number of amides is 2. The topological polar surface area (TPSA) is 85.8 Å². The molecule has 1 aromatic rings. The van der Waals surface area contributed by atoms with Crippen molar-refractivity contribution in [1.29, 1.82) is 0 Å². The number of hydrogen-bond donors (Lipinski definition) is 1. The largest absolute Gasteiger partial charge is 0.458 e. The van der Waals surface area contributed by atoms with Gasteiger partial charge in [-0.3, -0.25) is 0 Å². The fourth-order valence-corrected chi connectivity index (χ4v) is 1.94. The first-order valence-electron chi connectivity index (χ1n) is 5.45. The quantitative estimate of drug-likeness (QED) is 0.795. The third-order valence-corrected chi connectivity index (χ3v) is 2.79. The molecule has 0 bridgehead atoms. The molecule has 0 saturated carbocycles. The summed E-state index contributed by atoms with van der Waals surface area (Å²) >= 11 is 0. The number of ether oxygens (including phenoxy) is 1. The van der Waals surface area contributed by atoms with Gasteiger partial charge in [-0.25, -0.2) is 9.59 Å². The molecule has 2 N–H and O–H groups in total. The monoisotopic (exact) mass is 238 g/mol. The van der Waals surface area contributed by atoms with Crippen molar-refractivity contribution in [2.45, 2.75) is 18.9 Å². The number of furan rings is 1. The standard InChI is InChI=1S/C11H14N2O4/c12-11(15)13-5-1-3-8(13)7-17-10(14)9-4-2-6-16-9/h2,4,6,8H,1,3,5,7H2,(H2,12,15). The molecule has 2 rings (SSSR count). The Kier molecular flexibility index (Phi) is 3.32. The first kappa shape index (κ1) is 11.5. The van der Waals surface area contributed by atoms with Gasteiger partial charge in [0.2, 0.25) is 5.76 Å². The minimum atomic E-state index is -0.522. The molecule has 1 fully saturated rings. The molecular weight excluding hydrogens is 224 g/mol. The number of carbonyl (C=O) groups is 2. The second kappa shape index (κ2) is 4.90. The lowest BCUT2D eigenvalue weighted by Crippen LogP contribution is -2.41. The lowest BCUT2D eigenvalue weighted by atomic mass is 10.2. The maximum absolute atomic E-state index is 11.5. The van der Waals surface area contributed by atoms with Gasteiger partial charge < -0.3 is 19.8 Å². The summed E-state index contributed by atoms with van der Waals surface area (Å²) in [4.78, 5) is 24.1. The zero-order valence-corrected chi connectivity index (χ0v) is 9.30. The molecule has 1 aliphatic rings. The second-order valence-electron chi connectivity index (χ2n) is 3.90. The van der Waals surface area contributed by atoms with Gasteiger partial charge in [-0.05, 0) is 25.0 Å². The van der Waals surface area contributed by atoms with Crippen LogP contribution in [0.1, 0.15) is 23.4 Å². The molecule has 1 saturated heterocycles. The summed E-state index contributed by atoms with van der Waals surface area (Å²) in [5, 5.41) is 0. The first-order chi connectivity index (χ1) is 8.18. The van der Waals surface area contributed by atoms with Crippen LogP contribution >= 0.6 is 0 Å². The average molecular weight is 238 g/mol. The molecule has 2 heterocycles. The summed E-state index contributed by atoms with van der Waals surface area (Å²) in [6.45, 7) is 0.779. The number of rotatable bonds is 3. The van der Waals surface area contributed by atoms with E-state index in [2.05, 4.69) is 0 Å². The first-order valence-corrected chi connectivity index (χ1v) is 5.45. The molecule has 17 heavy (non-hydrogen) atoms. The van der Waals surface area contributed by atoms with Gasteiger partial charge in [0.1, 0.15) is 6.61 Å². The van der Waals surface area contributed by atoms with Gasteiger partial charge in [0, 0.05) is 6.54 Å². The maximum atomic E-state index is 11.5. The van der Waals surface area contributed by atoms with Crippen molar-refractivity contribution in [1.82, 2.24) is 4.90 Å². The Morgan fingerprint density at radius 1 is 1.59 bits per heavy atom. The van der Waals surface area contributed by atoms with Gasteiger partial charge in [-0.1, -0.05) is 0 Å². The Morgan fingerprint density at radius 2 is 2.41 bits per heavy atom. The fraction of sp³-hybridized carbons (Fsp3) is 0.455. The summed E-state index contributed by atoms with van der Waals surface area (Å²) in [7, 11) is 0. The van der Waals surface area contributed by atoms with Crippen LogP contribution in [0.25, 0.3) is 0 Å². The third kappa shape index (κ3) is 2.58. The highest BCUT2D eigenvalue weighted by atomic mass is 16.5. The van der Waals surface area contributed by atoms with Gasteiger partial charge in [0.15, 0.2) is 0 Å². The molecule has 1 aliphatic heterocycles. The number of hydrogen-bond acceptors (Lipinski definition) is 4. The van der Waals surface area contributed by atoms with Crippen molar-refractivity contribution < 1.29 is 18.7 Å². The molecule has 0 spiro atoms. The van der Waals surface area contributed by atoms with Crippen LogP contribution in [0.2, 0.25) is 0 Å². The molecular formula is C11H14N2O4. The van der Waals surface area contributed by atoms with Gasteiger partial charge in [-0.15, -0.1) is 0 Å². The van der Waals surface area contributed by atoms with Crippen molar-refractivity contribution >= 4 is 12.0 Å². The minimum absolute atomic E-state index is 0.119. The highest BCUT2D eigenvalue weighted by Gasteiger charge is 2.28. The number of carbonyl (C=O) groups excluding carboxylic acids is 2. The van der Waals surface area contributed by atoms with E-state index in [1.807, 2.05) is 0 Å². The lowest BCUT2D eigenvalue weighted by molar-refractivity contribution is 0.0387. The number of primary amides is 1. The van der Waals surface area contributed by atoms with Crippen LogP contribution in [-0.4, -0.2) is 36.1 Å². The Labute approximate surface area is 98.3 Å². The summed E-state index contributed by atoms with van der Waals surface area (Å²) in [6.07, 6.45) is 3.09. The van der Waals surface area contributed by atoms with Crippen LogP contribution in [0.4, 0.5) is 4.79 Å². The molecule has 1 aromatic heterocycles. The number of nitrogens with two attached hydrogens (primary N) is 1. The van der Waals surface area contributed by atoms with E-state index in [-0.39, 0.29) is 18.4 Å². The molecule has 0 aliphatic carbocycles. The molecule has 0 radical (unpaired) electrons. The van der Waals surface area contributed by atoms with Crippen molar-refractivity contribution in [3.63, 3.8) is 0 Å². The molecule has 1 atom stereocenters. The van der Waals surface area contributed by atoms with E-state index in [0.717, 1.165) is 12.8 Å². The fourth-order valence-electron chi connectivity index (χ4n) is 1.94. The number of esters is 1. The van der Waals surface area contributed by atoms with Crippen LogP contribution < -0.4 is 5.73 Å². The molecule has 0 aromatic carbocycles. The highest BCUT2D eigenvalue weighted by molar-refractivity contribution is 5.86. The Bertz CT molecular complexity index is 402. The van der Waals surface area contributed by atoms with Crippen molar-refractivity contribution in [2.75, 3.05) is 13.2 Å². The van der Waals surface area contributed by atoms with Crippen LogP contribution in [0.3, 0.4) is 0 Å². The van der Waals surface area contributed by atoms with Gasteiger partial charge in [0.25, 0.3) is 0 Å². The van der Waals surface area contributed by atoms with Crippen molar-refractivity contribution in [2.24, 2.45) is 5.73 Å². The summed E-state index contributed by atoms with van der Waals surface area (Å²) in [6, 6.07) is 2.55. The summed E-state index contributed by atoms with van der Waals surface area (Å²) < 4.78 is 9.97. The van der Waals surface area contributed by atoms with Crippen LogP contribution in [0.15, 0.2) is 22.8 Å². The Morgan fingerprint density at radius 3 is 3.06 bits per heavy atom. The highest BCUT2D eigenvalue weighted by Crippen LogP contribution is 2.17. The lowest BCUT2D eigenvalue weighted by Gasteiger charge is -2.21.